The van der Waals surface area contributed by atoms with Crippen molar-refractivity contribution in [3.63, 3.8) is 0 Å². The van der Waals surface area contributed by atoms with Crippen LogP contribution in [0.5, 0.6) is 5.75 Å². The quantitative estimate of drug-likeness (QED) is 0.158. The summed E-state index contributed by atoms with van der Waals surface area (Å²) >= 11 is 0. The zero-order valence-electron chi connectivity index (χ0n) is 42.2. The molecular formula is C59H55N3O. The molecule has 9 rings (SSSR count). The average Bonchev–Trinajstić information content (AvgIpc) is 3.72. The van der Waals surface area contributed by atoms with E-state index >= 15 is 0 Å². The fourth-order valence-electron chi connectivity index (χ4n) is 8.54. The predicted octanol–water partition coefficient (Wildman–Crippen LogP) is 16.0. The molecule has 9 aromatic rings. The molecule has 63 heavy (non-hydrogen) atoms. The number of phenolic OH excluding ortho intramolecular Hbond substituents is 1. The van der Waals surface area contributed by atoms with E-state index in [1.54, 1.807) is 18.3 Å². The SMILES string of the molecule is [2H]c1c([2H])c([2H])c(-c2ccnc(-c3cc(-c4cccc5c4nc(-c4cc(C(C)C)cc(C(C)C)c4O)n5-c4cc(-c5ccccc5)c(C)cc4-c4ccccc4)cc(C(C)(C)C)c3)c2)c([2H])c1[2H]. The number of phenols is 1. The summed E-state index contributed by atoms with van der Waals surface area (Å²) in [4.78, 5) is 10.5. The van der Waals surface area contributed by atoms with Crippen molar-refractivity contribution in [1.29, 1.82) is 0 Å². The molecule has 0 spiro atoms. The first-order valence-corrected chi connectivity index (χ1v) is 21.8. The first-order chi connectivity index (χ1) is 32.4. The van der Waals surface area contributed by atoms with Crippen molar-refractivity contribution in [3.05, 3.63) is 192 Å². The molecule has 4 heteroatoms. The molecule has 0 aliphatic carbocycles. The number of aromatic hydroxyl groups is 1. The maximum absolute atomic E-state index is 12.4. The Morgan fingerprint density at radius 1 is 0.587 bits per heavy atom. The Labute approximate surface area is 379 Å². The van der Waals surface area contributed by atoms with Crippen LogP contribution in [0.4, 0.5) is 0 Å². The van der Waals surface area contributed by atoms with Crippen molar-refractivity contribution < 1.29 is 12.0 Å². The summed E-state index contributed by atoms with van der Waals surface area (Å²) in [6.07, 6.45) is 1.63. The van der Waals surface area contributed by atoms with Crippen LogP contribution in [0.25, 0.3) is 83.9 Å². The Hall–Kier alpha value is -7.04. The van der Waals surface area contributed by atoms with Gasteiger partial charge in [0.2, 0.25) is 0 Å². The normalized spacial score (nSPS) is 13.0. The van der Waals surface area contributed by atoms with Gasteiger partial charge in [0.15, 0.2) is 0 Å². The lowest BCUT2D eigenvalue weighted by atomic mass is 9.83. The molecule has 0 bridgehead atoms. The number of aromatic nitrogens is 3. The fourth-order valence-corrected chi connectivity index (χ4v) is 8.54. The zero-order chi connectivity index (χ0) is 48.3. The summed E-state index contributed by atoms with van der Waals surface area (Å²) in [5, 5.41) is 12.4. The Morgan fingerprint density at radius 2 is 1.27 bits per heavy atom. The Balaban J connectivity index is 1.36. The highest BCUT2D eigenvalue weighted by Gasteiger charge is 2.26. The van der Waals surface area contributed by atoms with Crippen LogP contribution in [0, 0.1) is 6.92 Å². The average molecular weight is 827 g/mol. The predicted molar refractivity (Wildman–Crippen MR) is 265 cm³/mol. The van der Waals surface area contributed by atoms with Gasteiger partial charge in [-0.15, -0.1) is 0 Å². The molecule has 0 amide bonds. The Kier molecular flexibility index (Phi) is 9.41. The molecule has 2 aromatic heterocycles. The molecule has 0 saturated carbocycles. The standard InChI is InChI=1S/C59H55N3O/c1-37(2)44-33-49(38(3)4)57(63)52(34-44)58-61-56-48(45-30-46(32-47(31-45)59(6,7)8)53-35-43(27-28-60-53)40-19-12-9-13-20-40)25-18-26-54(56)62(58)55-36-50(41-21-14-10-15-22-41)39(5)29-51(55)42-23-16-11-17-24-42/h9-38,63H,1-8H3/i9D,12D,13D,19D,20D. The highest BCUT2D eigenvalue weighted by atomic mass is 16.3. The van der Waals surface area contributed by atoms with E-state index in [-0.39, 0.29) is 52.7 Å². The number of imidazole rings is 1. The largest absolute Gasteiger partial charge is 0.507 e. The van der Waals surface area contributed by atoms with Crippen LogP contribution in [0.2, 0.25) is 0 Å². The first kappa shape index (κ1) is 35.5. The summed E-state index contributed by atoms with van der Waals surface area (Å²) in [6.45, 7) is 17.2. The molecule has 4 nitrogen and oxygen atoms in total. The second-order valence-electron chi connectivity index (χ2n) is 18.2. The third-order valence-electron chi connectivity index (χ3n) is 12.1. The van der Waals surface area contributed by atoms with Gasteiger partial charge in [-0.1, -0.05) is 164 Å². The molecule has 7 aromatic carbocycles. The minimum absolute atomic E-state index is 0.0518. The topological polar surface area (TPSA) is 50.9 Å². The molecular weight excluding hydrogens is 767 g/mol. The summed E-state index contributed by atoms with van der Waals surface area (Å²) < 4.78 is 44.6. The number of hydrogen-bond acceptors (Lipinski definition) is 3. The maximum atomic E-state index is 12.4. The summed E-state index contributed by atoms with van der Waals surface area (Å²) in [5.41, 5.74) is 15.1. The number of para-hydroxylation sites is 1. The number of hydrogen-bond donors (Lipinski definition) is 1. The second-order valence-corrected chi connectivity index (χ2v) is 18.2. The van der Waals surface area contributed by atoms with E-state index in [0.717, 1.165) is 77.9 Å². The Morgan fingerprint density at radius 3 is 1.94 bits per heavy atom. The molecule has 0 fully saturated rings. The van der Waals surface area contributed by atoms with Crippen LogP contribution in [-0.4, -0.2) is 19.6 Å². The van der Waals surface area contributed by atoms with Gasteiger partial charge < -0.3 is 5.11 Å². The number of benzene rings is 7. The van der Waals surface area contributed by atoms with Gasteiger partial charge >= 0.3 is 0 Å². The van der Waals surface area contributed by atoms with E-state index in [2.05, 4.69) is 169 Å². The van der Waals surface area contributed by atoms with Gasteiger partial charge in [-0.05, 0) is 128 Å². The van der Waals surface area contributed by atoms with E-state index < -0.39 is 6.04 Å². The lowest BCUT2D eigenvalue weighted by molar-refractivity contribution is 0.466. The number of aryl methyl sites for hydroxylation is 1. The van der Waals surface area contributed by atoms with Crippen LogP contribution >= 0.6 is 0 Å². The number of fused-ring (bicyclic) bond motifs is 1. The molecule has 0 aliphatic heterocycles. The monoisotopic (exact) mass is 826 g/mol. The van der Waals surface area contributed by atoms with Crippen LogP contribution < -0.4 is 0 Å². The van der Waals surface area contributed by atoms with Crippen molar-refractivity contribution in [2.45, 2.75) is 72.6 Å². The zero-order valence-corrected chi connectivity index (χ0v) is 37.2. The highest BCUT2D eigenvalue weighted by Crippen LogP contribution is 2.45. The highest BCUT2D eigenvalue weighted by molar-refractivity contribution is 5.98. The van der Waals surface area contributed by atoms with Crippen LogP contribution in [0.3, 0.4) is 0 Å². The fraction of sp³-hybridized carbons (Fsp3) is 0.186. The third-order valence-corrected chi connectivity index (χ3v) is 12.1. The Bertz CT molecular complexity index is 3380. The number of pyridine rings is 1. The molecule has 1 N–H and O–H groups in total. The lowest BCUT2D eigenvalue weighted by Crippen LogP contribution is -2.11. The molecule has 2 heterocycles. The molecule has 312 valence electrons. The van der Waals surface area contributed by atoms with Gasteiger partial charge in [-0.3, -0.25) is 9.55 Å². The molecule has 0 saturated heterocycles. The van der Waals surface area contributed by atoms with Gasteiger partial charge in [-0.25, -0.2) is 4.98 Å². The van der Waals surface area contributed by atoms with E-state index in [1.165, 1.54) is 0 Å². The van der Waals surface area contributed by atoms with Gasteiger partial charge in [0.1, 0.15) is 11.6 Å². The smallest absolute Gasteiger partial charge is 0.149 e. The lowest BCUT2D eigenvalue weighted by Gasteiger charge is -2.22. The summed E-state index contributed by atoms with van der Waals surface area (Å²) in [5.74, 6) is 1.07. The van der Waals surface area contributed by atoms with Crippen molar-refractivity contribution in [2.24, 2.45) is 0 Å². The number of nitrogens with zero attached hydrogens (tertiary/aromatic N) is 3. The second kappa shape index (κ2) is 16.7. The molecule has 0 atom stereocenters. The van der Waals surface area contributed by atoms with E-state index in [1.807, 2.05) is 12.1 Å². The van der Waals surface area contributed by atoms with Gasteiger partial charge in [0, 0.05) is 22.9 Å². The van der Waals surface area contributed by atoms with Crippen LogP contribution in [-0.2, 0) is 5.41 Å². The number of rotatable bonds is 9. The van der Waals surface area contributed by atoms with Crippen molar-refractivity contribution in [3.8, 4) is 78.6 Å². The minimum atomic E-state index is -0.432. The van der Waals surface area contributed by atoms with Gasteiger partial charge in [0.25, 0.3) is 0 Å². The van der Waals surface area contributed by atoms with Crippen molar-refractivity contribution in [1.82, 2.24) is 14.5 Å². The van der Waals surface area contributed by atoms with E-state index in [9.17, 15) is 5.11 Å². The van der Waals surface area contributed by atoms with Crippen molar-refractivity contribution in [2.75, 3.05) is 0 Å². The molecule has 0 unspecified atom stereocenters. The van der Waals surface area contributed by atoms with E-state index in [0.29, 0.717) is 22.6 Å². The first-order valence-electron chi connectivity index (χ1n) is 24.3. The molecule has 0 radical (unpaired) electrons. The molecule has 0 aliphatic rings. The van der Waals surface area contributed by atoms with Gasteiger partial charge in [0.05, 0.1) is 34.8 Å². The summed E-state index contributed by atoms with van der Waals surface area (Å²) in [7, 11) is 0. The van der Waals surface area contributed by atoms with Gasteiger partial charge in [-0.2, -0.15) is 0 Å². The van der Waals surface area contributed by atoms with Crippen LogP contribution in [0.1, 0.15) is 89.4 Å². The van der Waals surface area contributed by atoms with Crippen molar-refractivity contribution >= 4 is 11.0 Å². The maximum Gasteiger partial charge on any atom is 0.149 e. The van der Waals surface area contributed by atoms with Crippen LogP contribution in [0.15, 0.2) is 170 Å². The van der Waals surface area contributed by atoms with E-state index in [4.69, 9.17) is 16.8 Å². The minimum Gasteiger partial charge on any atom is -0.507 e. The summed E-state index contributed by atoms with van der Waals surface area (Å²) in [6, 6.07) is 44.1. The third kappa shape index (κ3) is 7.98.